The van der Waals surface area contributed by atoms with Crippen LogP contribution in [0.1, 0.15) is 11.1 Å². The Morgan fingerprint density at radius 3 is 2.77 bits per heavy atom. The zero-order chi connectivity index (χ0) is 17.9. The van der Waals surface area contributed by atoms with Gasteiger partial charge in [0.25, 0.3) is 0 Å². The van der Waals surface area contributed by atoms with Crippen LogP contribution in [0.4, 0.5) is 5.69 Å². The van der Waals surface area contributed by atoms with Gasteiger partial charge >= 0.3 is 0 Å². The summed E-state index contributed by atoms with van der Waals surface area (Å²) >= 11 is 6.41. The van der Waals surface area contributed by atoms with E-state index in [-0.39, 0.29) is 0 Å². The second-order valence-corrected chi connectivity index (χ2v) is 6.73. The number of imidazole rings is 1. The van der Waals surface area contributed by atoms with Crippen LogP contribution in [-0.2, 0) is 6.42 Å². The number of H-pyrrole nitrogens is 1. The fourth-order valence-electron chi connectivity index (χ4n) is 2.94. The highest BCUT2D eigenvalue weighted by molar-refractivity contribution is 6.33. The van der Waals surface area contributed by atoms with E-state index in [9.17, 15) is 0 Å². The summed E-state index contributed by atoms with van der Waals surface area (Å²) in [6.07, 6.45) is 2.78. The van der Waals surface area contributed by atoms with E-state index in [0.717, 1.165) is 41.1 Å². The van der Waals surface area contributed by atoms with E-state index in [2.05, 4.69) is 44.5 Å². The quantitative estimate of drug-likeness (QED) is 0.510. The second-order valence-electron chi connectivity index (χ2n) is 6.33. The Balaban J connectivity index is 1.55. The number of aromatic nitrogens is 3. The van der Waals surface area contributed by atoms with Crippen molar-refractivity contribution in [3.8, 4) is 11.4 Å². The van der Waals surface area contributed by atoms with Crippen molar-refractivity contribution in [2.45, 2.75) is 13.3 Å². The third-order valence-corrected chi connectivity index (χ3v) is 4.61. The van der Waals surface area contributed by atoms with Gasteiger partial charge in [-0.2, -0.15) is 0 Å². The van der Waals surface area contributed by atoms with Crippen LogP contribution >= 0.6 is 11.6 Å². The smallest absolute Gasteiger partial charge is 0.178 e. The molecule has 2 aromatic carbocycles. The van der Waals surface area contributed by atoms with Crippen molar-refractivity contribution >= 4 is 28.5 Å². The van der Waals surface area contributed by atoms with E-state index in [1.54, 1.807) is 0 Å². The predicted octanol–water partition coefficient (Wildman–Crippen LogP) is 5.24. The Hall–Kier alpha value is -2.85. The lowest BCUT2D eigenvalue weighted by Gasteiger charge is -2.09. The summed E-state index contributed by atoms with van der Waals surface area (Å²) in [5, 5.41) is 4.12. The lowest BCUT2D eigenvalue weighted by molar-refractivity contribution is 1.02. The van der Waals surface area contributed by atoms with Gasteiger partial charge in [-0.15, -0.1) is 0 Å². The van der Waals surface area contributed by atoms with Gasteiger partial charge in [-0.1, -0.05) is 41.9 Å². The first-order chi connectivity index (χ1) is 12.7. The monoisotopic (exact) mass is 362 g/mol. The van der Waals surface area contributed by atoms with Gasteiger partial charge in [0.1, 0.15) is 5.82 Å². The third-order valence-electron chi connectivity index (χ3n) is 4.28. The molecule has 26 heavy (non-hydrogen) atoms. The molecule has 0 atom stereocenters. The topological polar surface area (TPSA) is 53.6 Å². The fourth-order valence-corrected chi connectivity index (χ4v) is 3.15. The minimum absolute atomic E-state index is 0.661. The largest absolute Gasteiger partial charge is 0.385 e. The van der Waals surface area contributed by atoms with Gasteiger partial charge in [0.15, 0.2) is 5.65 Å². The molecule has 2 heterocycles. The number of nitrogens with zero attached hydrogens (tertiary/aromatic N) is 2. The van der Waals surface area contributed by atoms with E-state index in [1.807, 2.05) is 43.5 Å². The summed E-state index contributed by atoms with van der Waals surface area (Å²) in [5.41, 5.74) is 5.91. The fraction of sp³-hybridized carbons (Fsp3) is 0.143. The van der Waals surface area contributed by atoms with Gasteiger partial charge in [-0.25, -0.2) is 9.97 Å². The lowest BCUT2D eigenvalue weighted by Crippen LogP contribution is -2.04. The van der Waals surface area contributed by atoms with Gasteiger partial charge in [-0.05, 0) is 48.7 Å². The van der Waals surface area contributed by atoms with Crippen LogP contribution in [0.3, 0.4) is 0 Å². The van der Waals surface area contributed by atoms with E-state index >= 15 is 0 Å². The molecule has 0 saturated heterocycles. The Labute approximate surface area is 157 Å². The van der Waals surface area contributed by atoms with Crippen molar-refractivity contribution in [3.05, 3.63) is 76.9 Å². The number of rotatable bonds is 5. The SMILES string of the molecule is Cc1cnc2nc(-c3cc(NCCc4ccccc4)ccc3Cl)[nH]c2c1. The number of aryl methyl sites for hydroxylation is 1. The minimum atomic E-state index is 0.661. The number of fused-ring (bicyclic) bond motifs is 1. The van der Waals surface area contributed by atoms with Crippen LogP contribution in [0.5, 0.6) is 0 Å². The zero-order valence-corrected chi connectivity index (χ0v) is 15.2. The molecule has 4 rings (SSSR count). The molecule has 0 saturated carbocycles. The number of benzene rings is 2. The molecule has 2 aromatic heterocycles. The van der Waals surface area contributed by atoms with Gasteiger partial charge in [0, 0.05) is 24.0 Å². The molecule has 130 valence electrons. The van der Waals surface area contributed by atoms with E-state index in [1.165, 1.54) is 5.56 Å². The zero-order valence-electron chi connectivity index (χ0n) is 14.5. The molecular formula is C21H19ClN4. The first-order valence-corrected chi connectivity index (χ1v) is 8.97. The van der Waals surface area contributed by atoms with Crippen molar-refractivity contribution in [3.63, 3.8) is 0 Å². The van der Waals surface area contributed by atoms with E-state index < -0.39 is 0 Å². The van der Waals surface area contributed by atoms with Crippen LogP contribution in [0, 0.1) is 6.92 Å². The molecule has 0 aliphatic heterocycles. The number of pyridine rings is 1. The Morgan fingerprint density at radius 2 is 1.92 bits per heavy atom. The van der Waals surface area contributed by atoms with E-state index in [0.29, 0.717) is 10.7 Å². The number of hydrogen-bond acceptors (Lipinski definition) is 3. The summed E-state index contributed by atoms with van der Waals surface area (Å²) in [4.78, 5) is 12.3. The molecule has 0 aliphatic rings. The molecule has 4 nitrogen and oxygen atoms in total. The summed E-state index contributed by atoms with van der Waals surface area (Å²) < 4.78 is 0. The van der Waals surface area contributed by atoms with Crippen LogP contribution in [0.2, 0.25) is 5.02 Å². The van der Waals surface area contributed by atoms with Crippen molar-refractivity contribution < 1.29 is 0 Å². The average molecular weight is 363 g/mol. The Kier molecular flexibility index (Phi) is 4.59. The van der Waals surface area contributed by atoms with Crippen LogP contribution in [-0.4, -0.2) is 21.5 Å². The Morgan fingerprint density at radius 1 is 1.08 bits per heavy atom. The third kappa shape index (κ3) is 3.55. The highest BCUT2D eigenvalue weighted by Gasteiger charge is 2.11. The first kappa shape index (κ1) is 16.6. The standard InChI is InChI=1S/C21H19ClN4/c1-14-11-19-21(24-13-14)26-20(25-19)17-12-16(7-8-18(17)22)23-10-9-15-5-3-2-4-6-15/h2-8,11-13,23H,9-10H2,1H3,(H,24,25,26). The molecular weight excluding hydrogens is 344 g/mol. The number of anilines is 1. The molecule has 0 amide bonds. The van der Waals surface area contributed by atoms with Gasteiger partial charge < -0.3 is 10.3 Å². The van der Waals surface area contributed by atoms with Crippen LogP contribution in [0.25, 0.3) is 22.6 Å². The highest BCUT2D eigenvalue weighted by Crippen LogP contribution is 2.30. The predicted molar refractivity (Wildman–Crippen MR) is 108 cm³/mol. The summed E-state index contributed by atoms with van der Waals surface area (Å²) in [7, 11) is 0. The molecule has 2 N–H and O–H groups in total. The van der Waals surface area contributed by atoms with Gasteiger partial charge in [-0.3, -0.25) is 0 Å². The molecule has 0 fully saturated rings. The molecule has 0 aliphatic carbocycles. The second kappa shape index (κ2) is 7.18. The highest BCUT2D eigenvalue weighted by atomic mass is 35.5. The Bertz CT molecular complexity index is 1040. The van der Waals surface area contributed by atoms with Crippen LogP contribution < -0.4 is 5.32 Å². The van der Waals surface area contributed by atoms with Crippen molar-refractivity contribution in [2.75, 3.05) is 11.9 Å². The lowest BCUT2D eigenvalue weighted by atomic mass is 10.1. The maximum absolute atomic E-state index is 6.41. The van der Waals surface area contributed by atoms with Gasteiger partial charge in [0.2, 0.25) is 0 Å². The van der Waals surface area contributed by atoms with Crippen molar-refractivity contribution in [1.82, 2.24) is 15.0 Å². The molecule has 4 aromatic rings. The van der Waals surface area contributed by atoms with Crippen molar-refractivity contribution in [2.24, 2.45) is 0 Å². The maximum atomic E-state index is 6.41. The summed E-state index contributed by atoms with van der Waals surface area (Å²) in [5.74, 6) is 0.731. The number of nitrogens with one attached hydrogen (secondary N) is 2. The molecule has 0 unspecified atom stereocenters. The number of halogens is 1. The number of hydrogen-bond donors (Lipinski definition) is 2. The van der Waals surface area contributed by atoms with E-state index in [4.69, 9.17) is 11.6 Å². The first-order valence-electron chi connectivity index (χ1n) is 8.59. The minimum Gasteiger partial charge on any atom is -0.385 e. The van der Waals surface area contributed by atoms with Crippen LogP contribution in [0.15, 0.2) is 60.8 Å². The molecule has 5 heteroatoms. The molecule has 0 radical (unpaired) electrons. The van der Waals surface area contributed by atoms with Gasteiger partial charge in [0.05, 0.1) is 10.5 Å². The summed E-state index contributed by atoms with van der Waals surface area (Å²) in [6, 6.07) is 18.4. The average Bonchev–Trinajstić information content (AvgIpc) is 3.07. The molecule has 0 spiro atoms. The van der Waals surface area contributed by atoms with Crippen molar-refractivity contribution in [1.29, 1.82) is 0 Å². The molecule has 0 bridgehead atoms. The maximum Gasteiger partial charge on any atom is 0.178 e. The summed E-state index contributed by atoms with van der Waals surface area (Å²) in [6.45, 7) is 2.86. The number of aromatic amines is 1. The normalized spacial score (nSPS) is 11.0.